The molecule has 0 saturated carbocycles. The molecule has 0 aliphatic heterocycles. The van der Waals surface area contributed by atoms with Crippen molar-refractivity contribution in [3.63, 3.8) is 0 Å². The van der Waals surface area contributed by atoms with Crippen LogP contribution >= 0.6 is 31.9 Å². The van der Waals surface area contributed by atoms with Gasteiger partial charge < -0.3 is 10.4 Å². The SMILES string of the molecule is Cc1cc(C(=O)Nc2cc(Br)ccc2Br)ccc1O. The van der Waals surface area contributed by atoms with Crippen molar-refractivity contribution < 1.29 is 9.90 Å². The number of hydrogen-bond donors (Lipinski definition) is 2. The molecule has 0 aliphatic carbocycles. The Hall–Kier alpha value is -1.33. The number of benzene rings is 2. The highest BCUT2D eigenvalue weighted by atomic mass is 79.9. The summed E-state index contributed by atoms with van der Waals surface area (Å²) in [5.41, 5.74) is 1.85. The molecule has 0 fully saturated rings. The van der Waals surface area contributed by atoms with Crippen LogP contribution in [0.5, 0.6) is 5.75 Å². The Bertz CT molecular complexity index is 641. The molecular formula is C14H11Br2NO2. The van der Waals surface area contributed by atoms with Crippen LogP contribution in [-0.4, -0.2) is 11.0 Å². The minimum Gasteiger partial charge on any atom is -0.508 e. The van der Waals surface area contributed by atoms with Gasteiger partial charge in [0.25, 0.3) is 5.91 Å². The van der Waals surface area contributed by atoms with Crippen LogP contribution in [0.2, 0.25) is 0 Å². The van der Waals surface area contributed by atoms with E-state index in [0.29, 0.717) is 16.8 Å². The molecule has 2 N–H and O–H groups in total. The predicted molar refractivity (Wildman–Crippen MR) is 82.6 cm³/mol. The standard InChI is InChI=1S/C14H11Br2NO2/c1-8-6-9(2-5-13(8)18)14(19)17-12-7-10(15)3-4-11(12)16/h2-7,18H,1H3,(H,17,19). The van der Waals surface area contributed by atoms with Gasteiger partial charge in [0.2, 0.25) is 0 Å². The number of phenolic OH excluding ortho intramolecular Hbond substituents is 1. The van der Waals surface area contributed by atoms with Crippen LogP contribution in [0.4, 0.5) is 5.69 Å². The van der Waals surface area contributed by atoms with Crippen LogP contribution in [0.3, 0.4) is 0 Å². The molecule has 3 nitrogen and oxygen atoms in total. The van der Waals surface area contributed by atoms with Crippen molar-refractivity contribution in [2.45, 2.75) is 6.92 Å². The summed E-state index contributed by atoms with van der Waals surface area (Å²) >= 11 is 6.74. The zero-order chi connectivity index (χ0) is 14.0. The van der Waals surface area contributed by atoms with Crippen molar-refractivity contribution in [1.29, 1.82) is 0 Å². The highest BCUT2D eigenvalue weighted by molar-refractivity contribution is 9.11. The molecule has 98 valence electrons. The van der Waals surface area contributed by atoms with E-state index in [1.807, 2.05) is 18.2 Å². The molecule has 19 heavy (non-hydrogen) atoms. The molecule has 0 radical (unpaired) electrons. The molecule has 1 amide bonds. The third kappa shape index (κ3) is 3.36. The van der Waals surface area contributed by atoms with Crippen molar-refractivity contribution in [3.05, 3.63) is 56.5 Å². The van der Waals surface area contributed by atoms with Crippen molar-refractivity contribution in [2.24, 2.45) is 0 Å². The van der Waals surface area contributed by atoms with Crippen molar-refractivity contribution in [3.8, 4) is 5.75 Å². The fourth-order valence-corrected chi connectivity index (χ4v) is 2.29. The molecule has 0 aromatic heterocycles. The second kappa shape index (κ2) is 5.75. The predicted octanol–water partition coefficient (Wildman–Crippen LogP) is 4.48. The average Bonchev–Trinajstić information content (AvgIpc) is 2.37. The Kier molecular flexibility index (Phi) is 4.27. The van der Waals surface area contributed by atoms with Crippen molar-refractivity contribution in [1.82, 2.24) is 0 Å². The minimum atomic E-state index is -0.220. The van der Waals surface area contributed by atoms with E-state index in [1.54, 1.807) is 19.1 Å². The van der Waals surface area contributed by atoms with Crippen LogP contribution in [0.15, 0.2) is 45.3 Å². The zero-order valence-corrected chi connectivity index (χ0v) is 13.2. The van der Waals surface area contributed by atoms with Crippen LogP contribution in [0.1, 0.15) is 15.9 Å². The second-order valence-electron chi connectivity index (χ2n) is 4.08. The largest absolute Gasteiger partial charge is 0.508 e. The van der Waals surface area contributed by atoms with Gasteiger partial charge in [0, 0.05) is 14.5 Å². The summed E-state index contributed by atoms with van der Waals surface area (Å²) < 4.78 is 1.69. The number of amides is 1. The highest BCUT2D eigenvalue weighted by Gasteiger charge is 2.10. The number of carbonyl (C=O) groups is 1. The average molecular weight is 385 g/mol. The topological polar surface area (TPSA) is 49.3 Å². The van der Waals surface area contributed by atoms with Gasteiger partial charge in [-0.25, -0.2) is 0 Å². The first-order valence-corrected chi connectivity index (χ1v) is 7.12. The fourth-order valence-electron chi connectivity index (χ4n) is 1.58. The van der Waals surface area contributed by atoms with E-state index in [-0.39, 0.29) is 11.7 Å². The molecule has 0 spiro atoms. The van der Waals surface area contributed by atoms with Gasteiger partial charge in [0.15, 0.2) is 0 Å². The van der Waals surface area contributed by atoms with E-state index in [0.717, 1.165) is 8.95 Å². The summed E-state index contributed by atoms with van der Waals surface area (Å²) in [7, 11) is 0. The lowest BCUT2D eigenvalue weighted by Gasteiger charge is -2.09. The molecular weight excluding hydrogens is 374 g/mol. The monoisotopic (exact) mass is 383 g/mol. The molecule has 0 unspecified atom stereocenters. The molecule has 2 aromatic carbocycles. The Morgan fingerprint density at radius 2 is 1.89 bits per heavy atom. The van der Waals surface area contributed by atoms with Gasteiger partial charge in [0.05, 0.1) is 5.69 Å². The number of anilines is 1. The number of rotatable bonds is 2. The first-order chi connectivity index (χ1) is 8.97. The molecule has 2 rings (SSSR count). The van der Waals surface area contributed by atoms with Crippen LogP contribution in [0, 0.1) is 6.92 Å². The first kappa shape index (κ1) is 14.1. The summed E-state index contributed by atoms with van der Waals surface area (Å²) in [6, 6.07) is 10.3. The minimum absolute atomic E-state index is 0.181. The quantitative estimate of drug-likeness (QED) is 0.801. The maximum Gasteiger partial charge on any atom is 0.255 e. The first-order valence-electron chi connectivity index (χ1n) is 5.53. The van der Waals surface area contributed by atoms with Crippen LogP contribution < -0.4 is 5.32 Å². The Labute approximate surface area is 127 Å². The molecule has 0 saturated heterocycles. The number of nitrogens with one attached hydrogen (secondary N) is 1. The van der Waals surface area contributed by atoms with Gasteiger partial charge in [-0.15, -0.1) is 0 Å². The second-order valence-corrected chi connectivity index (χ2v) is 5.85. The van der Waals surface area contributed by atoms with Crippen molar-refractivity contribution in [2.75, 3.05) is 5.32 Å². The van der Waals surface area contributed by atoms with Gasteiger partial charge in [-0.1, -0.05) is 15.9 Å². The number of halogens is 2. The fraction of sp³-hybridized carbons (Fsp3) is 0.0714. The zero-order valence-electron chi connectivity index (χ0n) is 10.1. The summed E-state index contributed by atoms with van der Waals surface area (Å²) in [5, 5.41) is 12.3. The van der Waals surface area contributed by atoms with E-state index >= 15 is 0 Å². The lowest BCUT2D eigenvalue weighted by Crippen LogP contribution is -2.12. The molecule has 0 bridgehead atoms. The smallest absolute Gasteiger partial charge is 0.255 e. The lowest BCUT2D eigenvalue weighted by molar-refractivity contribution is 0.102. The molecule has 2 aromatic rings. The molecule has 5 heteroatoms. The van der Waals surface area contributed by atoms with E-state index in [1.165, 1.54) is 6.07 Å². The number of carbonyl (C=O) groups excluding carboxylic acids is 1. The van der Waals surface area contributed by atoms with Gasteiger partial charge in [-0.3, -0.25) is 4.79 Å². The Balaban J connectivity index is 2.25. The van der Waals surface area contributed by atoms with E-state index in [4.69, 9.17) is 0 Å². The van der Waals surface area contributed by atoms with Crippen LogP contribution in [-0.2, 0) is 0 Å². The number of aromatic hydroxyl groups is 1. The van der Waals surface area contributed by atoms with Gasteiger partial charge in [0.1, 0.15) is 5.75 Å². The van der Waals surface area contributed by atoms with Crippen molar-refractivity contribution >= 4 is 43.5 Å². The van der Waals surface area contributed by atoms with E-state index in [9.17, 15) is 9.90 Å². The number of hydrogen-bond acceptors (Lipinski definition) is 2. The third-order valence-corrected chi connectivity index (χ3v) is 3.82. The highest BCUT2D eigenvalue weighted by Crippen LogP contribution is 2.27. The normalized spacial score (nSPS) is 10.3. The van der Waals surface area contributed by atoms with Crippen LogP contribution in [0.25, 0.3) is 0 Å². The maximum absolute atomic E-state index is 12.1. The molecule has 0 heterocycles. The summed E-state index contributed by atoms with van der Waals surface area (Å²) in [6.07, 6.45) is 0. The molecule has 0 atom stereocenters. The summed E-state index contributed by atoms with van der Waals surface area (Å²) in [5.74, 6) is -0.0397. The van der Waals surface area contributed by atoms with E-state index in [2.05, 4.69) is 37.2 Å². The number of aryl methyl sites for hydroxylation is 1. The third-order valence-electron chi connectivity index (χ3n) is 2.64. The Morgan fingerprint density at radius 3 is 2.58 bits per heavy atom. The summed E-state index contributed by atoms with van der Waals surface area (Å²) in [6.45, 7) is 1.75. The Morgan fingerprint density at radius 1 is 1.16 bits per heavy atom. The van der Waals surface area contributed by atoms with Gasteiger partial charge in [-0.2, -0.15) is 0 Å². The lowest BCUT2D eigenvalue weighted by atomic mass is 10.1. The molecule has 0 aliphatic rings. The van der Waals surface area contributed by atoms with E-state index < -0.39 is 0 Å². The maximum atomic E-state index is 12.1. The summed E-state index contributed by atoms with van der Waals surface area (Å²) in [4.78, 5) is 12.1. The van der Waals surface area contributed by atoms with Gasteiger partial charge >= 0.3 is 0 Å². The van der Waals surface area contributed by atoms with Gasteiger partial charge in [-0.05, 0) is 64.8 Å². The number of phenols is 1.